The molecular weight excluding hydrogens is 679 g/mol. The van der Waals surface area contributed by atoms with Crippen LogP contribution in [-0.4, -0.2) is 0 Å². The molecule has 0 aromatic heterocycles. The molecule has 0 radical (unpaired) electrons. The average Bonchev–Trinajstić information content (AvgIpc) is 3.69. The average molecular weight is 728 g/mol. The molecule has 6 aromatic rings. The molecule has 0 amide bonds. The van der Waals surface area contributed by atoms with Gasteiger partial charge in [-0.2, -0.15) is 0 Å². The maximum atomic E-state index is 2.24. The summed E-state index contributed by atoms with van der Waals surface area (Å²) in [4.78, 5) is 0. The molecule has 0 unspecified atom stereocenters. The van der Waals surface area contributed by atoms with Crippen molar-refractivity contribution in [3.05, 3.63) is 197 Å². The number of hydrogen-bond donors (Lipinski definition) is 0. The summed E-state index contributed by atoms with van der Waals surface area (Å²) in [6.07, 6.45) is 7.50. The normalized spacial score (nSPS) is 11.3. The van der Waals surface area contributed by atoms with Crippen molar-refractivity contribution in [2.75, 3.05) is 0 Å². The van der Waals surface area contributed by atoms with Crippen molar-refractivity contribution in [2.45, 2.75) is 32.1 Å². The van der Waals surface area contributed by atoms with E-state index in [0.29, 0.717) is 0 Å². The minimum atomic E-state index is -0.877. The van der Waals surface area contributed by atoms with Crippen LogP contribution in [0.15, 0.2) is 182 Å². The van der Waals surface area contributed by atoms with Gasteiger partial charge < -0.3 is 14.9 Å². The number of hydrogen-bond acceptors (Lipinski definition) is 0. The van der Waals surface area contributed by atoms with Crippen molar-refractivity contribution in [1.29, 1.82) is 0 Å². The Labute approximate surface area is 294 Å². The predicted molar refractivity (Wildman–Crippen MR) is 209 cm³/mol. The van der Waals surface area contributed by atoms with Crippen LogP contribution in [0.25, 0.3) is 0 Å². The Kier molecular flexibility index (Phi) is 18.9. The van der Waals surface area contributed by atoms with Crippen LogP contribution in [0.4, 0.5) is 0 Å². The summed E-state index contributed by atoms with van der Waals surface area (Å²) in [6, 6.07) is 65.0. The second kappa shape index (κ2) is 22.4. The maximum Gasteiger partial charge on any atom is 2.00 e. The standard InChI is InChI=1S/2C18H15P.C5H10.2CH3.Ru/c2*1-4-10-16(11-5-1)19(17-12-6-2-7-13-17)18-14-8-3-9-15-18;1-2-4-5-3-1;;;/h2*1-15H;1-5H2;2*1H3;/q;;;2*-1;+2/p+2. The predicted octanol–water partition coefficient (Wildman–Crippen LogP) is 9.20. The van der Waals surface area contributed by atoms with E-state index < -0.39 is 15.8 Å². The van der Waals surface area contributed by atoms with Gasteiger partial charge in [0.15, 0.2) is 0 Å². The molecule has 0 aliphatic heterocycles. The van der Waals surface area contributed by atoms with E-state index in [1.54, 1.807) is 0 Å². The SMILES string of the molecule is C1CCCC1.[CH3-].[CH3-].[Ru+2].c1ccc([PH+](c2ccccc2)c2ccccc2)cc1.c1ccc([PH+](c2ccccc2)c2ccccc2)cc1. The first kappa shape index (κ1) is 39.0. The van der Waals surface area contributed by atoms with E-state index >= 15 is 0 Å². The minimum Gasteiger partial charge on any atom is -0.358 e. The van der Waals surface area contributed by atoms with E-state index in [0.717, 1.165) is 0 Å². The van der Waals surface area contributed by atoms with Crippen LogP contribution in [-0.2, 0) is 19.5 Å². The molecule has 1 saturated carbocycles. The van der Waals surface area contributed by atoms with Gasteiger partial charge in [0.25, 0.3) is 0 Å². The first-order valence-corrected chi connectivity index (χ1v) is 18.5. The van der Waals surface area contributed by atoms with Crippen molar-refractivity contribution >= 4 is 47.7 Å². The zero-order valence-electron chi connectivity index (χ0n) is 27.2. The molecule has 6 aromatic carbocycles. The summed E-state index contributed by atoms with van der Waals surface area (Å²) in [5, 5.41) is 8.61. The van der Waals surface area contributed by atoms with Gasteiger partial charge in [-0.15, -0.1) is 0 Å². The Hall–Kier alpha value is -3.20. The molecule has 1 aliphatic rings. The summed E-state index contributed by atoms with van der Waals surface area (Å²) >= 11 is 0. The van der Waals surface area contributed by atoms with Crippen LogP contribution in [0.5, 0.6) is 0 Å². The van der Waals surface area contributed by atoms with Crippen LogP contribution in [0.3, 0.4) is 0 Å². The second-order valence-electron chi connectivity index (χ2n) is 10.7. The van der Waals surface area contributed by atoms with Crippen LogP contribution in [0.1, 0.15) is 32.1 Å². The summed E-state index contributed by atoms with van der Waals surface area (Å²) in [6.45, 7) is 0. The number of benzene rings is 6. The fraction of sp³-hybridized carbons (Fsp3) is 0.116. The van der Waals surface area contributed by atoms with Gasteiger partial charge >= 0.3 is 19.5 Å². The Morgan fingerprint density at radius 2 is 0.370 bits per heavy atom. The van der Waals surface area contributed by atoms with E-state index in [1.807, 2.05) is 0 Å². The molecule has 0 bridgehead atoms. The van der Waals surface area contributed by atoms with E-state index in [-0.39, 0.29) is 34.3 Å². The summed E-state index contributed by atoms with van der Waals surface area (Å²) < 4.78 is 0. The fourth-order valence-corrected chi connectivity index (χ4v) is 10.7. The largest absolute Gasteiger partial charge is 2.00 e. The smallest absolute Gasteiger partial charge is 0.358 e. The van der Waals surface area contributed by atoms with Gasteiger partial charge in [-0.05, 0) is 72.8 Å². The molecule has 46 heavy (non-hydrogen) atoms. The number of rotatable bonds is 6. The van der Waals surface area contributed by atoms with Gasteiger partial charge in [0.05, 0.1) is 15.8 Å². The molecule has 3 heteroatoms. The third-order valence-corrected chi connectivity index (χ3v) is 13.1. The Balaban J connectivity index is 0.000000263. The van der Waals surface area contributed by atoms with Gasteiger partial charge in [-0.25, -0.2) is 0 Å². The van der Waals surface area contributed by atoms with Gasteiger partial charge in [-0.3, -0.25) is 0 Å². The maximum absolute atomic E-state index is 2.24. The second-order valence-corrected chi connectivity index (χ2v) is 15.7. The van der Waals surface area contributed by atoms with Gasteiger partial charge in [0.1, 0.15) is 31.8 Å². The zero-order valence-corrected chi connectivity index (χ0v) is 30.9. The molecule has 0 saturated heterocycles. The molecule has 1 fully saturated rings. The van der Waals surface area contributed by atoms with E-state index in [9.17, 15) is 0 Å². The molecule has 0 heterocycles. The summed E-state index contributed by atoms with van der Waals surface area (Å²) in [7, 11) is -1.75. The summed E-state index contributed by atoms with van der Waals surface area (Å²) in [5.41, 5.74) is 0. The molecule has 1 aliphatic carbocycles. The fourth-order valence-electron chi connectivity index (χ4n) is 5.51. The molecule has 0 atom stereocenters. The topological polar surface area (TPSA) is 0 Å². The Morgan fingerprint density at radius 3 is 0.500 bits per heavy atom. The molecular formula is C43H48P2Ru+2. The minimum absolute atomic E-state index is 0. The molecule has 0 N–H and O–H groups in total. The van der Waals surface area contributed by atoms with Crippen LogP contribution < -0.4 is 31.8 Å². The monoisotopic (exact) mass is 728 g/mol. The quantitative estimate of drug-likeness (QED) is 0.0913. The molecule has 7 rings (SSSR count). The van der Waals surface area contributed by atoms with Crippen molar-refractivity contribution in [3.8, 4) is 0 Å². The zero-order chi connectivity index (χ0) is 29.4. The first-order chi connectivity index (χ1) is 21.4. The van der Waals surface area contributed by atoms with E-state index in [4.69, 9.17) is 0 Å². The Morgan fingerprint density at radius 1 is 0.239 bits per heavy atom. The van der Waals surface area contributed by atoms with Gasteiger partial charge in [0.2, 0.25) is 0 Å². The third kappa shape index (κ3) is 11.9. The van der Waals surface area contributed by atoms with E-state index in [2.05, 4.69) is 182 Å². The summed E-state index contributed by atoms with van der Waals surface area (Å²) in [5.74, 6) is 0. The van der Waals surface area contributed by atoms with E-state index in [1.165, 1.54) is 63.9 Å². The molecule has 0 nitrogen and oxygen atoms in total. The van der Waals surface area contributed by atoms with Gasteiger partial charge in [-0.1, -0.05) is 141 Å². The van der Waals surface area contributed by atoms with Crippen LogP contribution in [0.2, 0.25) is 0 Å². The van der Waals surface area contributed by atoms with Gasteiger partial charge in [0, 0.05) is 0 Å². The van der Waals surface area contributed by atoms with Crippen molar-refractivity contribution < 1.29 is 19.5 Å². The van der Waals surface area contributed by atoms with Crippen LogP contribution in [0, 0.1) is 14.9 Å². The van der Waals surface area contributed by atoms with Crippen molar-refractivity contribution in [1.82, 2.24) is 0 Å². The van der Waals surface area contributed by atoms with Crippen molar-refractivity contribution in [3.63, 3.8) is 0 Å². The Bertz CT molecular complexity index is 1250. The van der Waals surface area contributed by atoms with Crippen LogP contribution >= 0.6 is 15.8 Å². The molecule has 236 valence electrons. The molecule has 0 spiro atoms. The third-order valence-electron chi connectivity index (χ3n) is 7.62. The van der Waals surface area contributed by atoms with Crippen molar-refractivity contribution in [2.24, 2.45) is 0 Å². The first-order valence-electron chi connectivity index (χ1n) is 15.5.